The van der Waals surface area contributed by atoms with Crippen LogP contribution >= 0.6 is 11.3 Å². The number of fused-ring (bicyclic) bond motifs is 1. The molecular weight excluding hydrogens is 344 g/mol. The Kier molecular flexibility index (Phi) is 4.02. The Bertz CT molecular complexity index is 1040. The standard InChI is InChI=1S/C17H11F2N5S/c18-13-6-12(7-14(19)9-13)8-15-21-22-17-24(15)23-16(25-17)4-3-11-2-1-5-20-10-11/h1-7,9-10H,8H2/b4-3+. The fourth-order valence-corrected chi connectivity index (χ4v) is 3.15. The van der Waals surface area contributed by atoms with Gasteiger partial charge in [-0.25, -0.2) is 8.78 Å². The zero-order chi connectivity index (χ0) is 17.2. The van der Waals surface area contributed by atoms with Crippen molar-refractivity contribution >= 4 is 28.4 Å². The van der Waals surface area contributed by atoms with Crippen molar-refractivity contribution in [1.29, 1.82) is 0 Å². The first-order valence-corrected chi connectivity index (χ1v) is 8.23. The van der Waals surface area contributed by atoms with Gasteiger partial charge in [0.15, 0.2) is 5.82 Å². The number of hydrogen-bond donors (Lipinski definition) is 0. The molecule has 0 saturated heterocycles. The Labute approximate surface area is 145 Å². The van der Waals surface area contributed by atoms with E-state index in [1.165, 1.54) is 23.5 Å². The predicted octanol–water partition coefficient (Wildman–Crippen LogP) is 3.62. The summed E-state index contributed by atoms with van der Waals surface area (Å²) in [6, 6.07) is 7.19. The maximum Gasteiger partial charge on any atom is 0.234 e. The van der Waals surface area contributed by atoms with Crippen LogP contribution in [0.3, 0.4) is 0 Å². The second-order valence-electron chi connectivity index (χ2n) is 5.33. The van der Waals surface area contributed by atoms with Gasteiger partial charge in [-0.15, -0.1) is 10.2 Å². The molecule has 0 aliphatic rings. The second kappa shape index (κ2) is 6.48. The van der Waals surface area contributed by atoms with Crippen LogP contribution in [0.25, 0.3) is 17.1 Å². The summed E-state index contributed by atoms with van der Waals surface area (Å²) in [5, 5.41) is 13.3. The fraction of sp³-hybridized carbons (Fsp3) is 0.0588. The molecule has 4 aromatic rings. The average Bonchev–Trinajstić information content (AvgIpc) is 3.15. The number of hydrogen-bond acceptors (Lipinski definition) is 5. The topological polar surface area (TPSA) is 56.0 Å². The maximum atomic E-state index is 13.3. The van der Waals surface area contributed by atoms with Crippen LogP contribution in [0.1, 0.15) is 22.0 Å². The maximum absolute atomic E-state index is 13.3. The van der Waals surface area contributed by atoms with E-state index in [1.54, 1.807) is 16.9 Å². The van der Waals surface area contributed by atoms with E-state index in [4.69, 9.17) is 0 Å². The van der Waals surface area contributed by atoms with Crippen molar-refractivity contribution < 1.29 is 8.78 Å². The van der Waals surface area contributed by atoms with Crippen LogP contribution in [0.5, 0.6) is 0 Å². The second-order valence-corrected chi connectivity index (χ2v) is 6.31. The number of benzene rings is 1. The van der Waals surface area contributed by atoms with Crippen molar-refractivity contribution in [3.8, 4) is 0 Å². The minimum absolute atomic E-state index is 0.241. The van der Waals surface area contributed by atoms with Gasteiger partial charge in [-0.1, -0.05) is 23.5 Å². The molecule has 0 fully saturated rings. The lowest BCUT2D eigenvalue weighted by Gasteiger charge is -1.99. The van der Waals surface area contributed by atoms with E-state index in [0.29, 0.717) is 16.3 Å². The first-order valence-electron chi connectivity index (χ1n) is 7.41. The molecule has 0 saturated carbocycles. The summed E-state index contributed by atoms with van der Waals surface area (Å²) < 4.78 is 28.2. The van der Waals surface area contributed by atoms with Crippen LogP contribution in [0.15, 0.2) is 42.7 Å². The summed E-state index contributed by atoms with van der Waals surface area (Å²) in [7, 11) is 0. The molecule has 0 aliphatic carbocycles. The Morgan fingerprint density at radius 1 is 1.08 bits per heavy atom. The Balaban J connectivity index is 1.61. The van der Waals surface area contributed by atoms with Crippen LogP contribution in [0.2, 0.25) is 0 Å². The molecule has 0 spiro atoms. The Morgan fingerprint density at radius 2 is 1.92 bits per heavy atom. The molecule has 3 aromatic heterocycles. The quantitative estimate of drug-likeness (QED) is 0.561. The molecular formula is C17H11F2N5S. The van der Waals surface area contributed by atoms with E-state index in [1.807, 2.05) is 24.3 Å². The molecule has 0 N–H and O–H groups in total. The van der Waals surface area contributed by atoms with Crippen LogP contribution in [0.4, 0.5) is 8.78 Å². The summed E-state index contributed by atoms with van der Waals surface area (Å²) in [6.07, 6.45) is 7.47. The third kappa shape index (κ3) is 3.43. The van der Waals surface area contributed by atoms with E-state index in [2.05, 4.69) is 20.3 Å². The lowest BCUT2D eigenvalue weighted by Crippen LogP contribution is -1.99. The first-order chi connectivity index (χ1) is 12.2. The SMILES string of the molecule is Fc1cc(F)cc(Cc2nnc3sc(/C=C/c4cccnc4)nn23)c1. The molecule has 3 heterocycles. The van der Waals surface area contributed by atoms with Gasteiger partial charge >= 0.3 is 0 Å². The first kappa shape index (κ1) is 15.5. The van der Waals surface area contributed by atoms with Gasteiger partial charge in [-0.3, -0.25) is 4.98 Å². The molecule has 1 aromatic carbocycles. The van der Waals surface area contributed by atoms with Gasteiger partial charge in [0, 0.05) is 24.9 Å². The molecule has 8 heteroatoms. The minimum Gasteiger partial charge on any atom is -0.264 e. The van der Waals surface area contributed by atoms with Crippen LogP contribution < -0.4 is 0 Å². The van der Waals surface area contributed by atoms with Gasteiger partial charge in [0.05, 0.1) is 0 Å². The molecule has 0 amide bonds. The molecule has 0 atom stereocenters. The fourth-order valence-electron chi connectivity index (χ4n) is 2.39. The van der Waals surface area contributed by atoms with E-state index in [0.717, 1.165) is 16.6 Å². The third-order valence-electron chi connectivity index (χ3n) is 3.46. The van der Waals surface area contributed by atoms with Gasteiger partial charge < -0.3 is 0 Å². The van der Waals surface area contributed by atoms with Gasteiger partial charge in [0.25, 0.3) is 0 Å². The smallest absolute Gasteiger partial charge is 0.234 e. The number of rotatable bonds is 4. The van der Waals surface area contributed by atoms with E-state index < -0.39 is 11.6 Å². The van der Waals surface area contributed by atoms with Gasteiger partial charge in [0.2, 0.25) is 4.96 Å². The highest BCUT2D eigenvalue weighted by atomic mass is 32.1. The molecule has 124 valence electrons. The van der Waals surface area contributed by atoms with E-state index in [9.17, 15) is 8.78 Å². The number of nitrogens with zero attached hydrogens (tertiary/aromatic N) is 5. The molecule has 0 unspecified atom stereocenters. The van der Waals surface area contributed by atoms with Crippen molar-refractivity contribution in [2.45, 2.75) is 6.42 Å². The zero-order valence-electron chi connectivity index (χ0n) is 12.8. The monoisotopic (exact) mass is 355 g/mol. The van der Waals surface area contributed by atoms with Crippen molar-refractivity contribution in [2.24, 2.45) is 0 Å². The Hall–Kier alpha value is -3.00. The summed E-state index contributed by atoms with van der Waals surface area (Å²) in [6.45, 7) is 0. The van der Waals surface area contributed by atoms with Gasteiger partial charge in [0.1, 0.15) is 16.6 Å². The van der Waals surface area contributed by atoms with E-state index >= 15 is 0 Å². The largest absolute Gasteiger partial charge is 0.264 e. The molecule has 25 heavy (non-hydrogen) atoms. The van der Waals surface area contributed by atoms with Crippen molar-refractivity contribution in [2.75, 3.05) is 0 Å². The normalized spacial score (nSPS) is 11.6. The highest BCUT2D eigenvalue weighted by Gasteiger charge is 2.12. The molecule has 4 rings (SSSR count). The molecule has 0 radical (unpaired) electrons. The van der Waals surface area contributed by atoms with Crippen LogP contribution in [0, 0.1) is 11.6 Å². The summed E-state index contributed by atoms with van der Waals surface area (Å²) in [5.74, 6) is -0.708. The number of halogens is 2. The van der Waals surface area contributed by atoms with Crippen molar-refractivity contribution in [1.82, 2.24) is 24.8 Å². The summed E-state index contributed by atoms with van der Waals surface area (Å²) >= 11 is 1.38. The number of aromatic nitrogens is 5. The molecule has 0 bridgehead atoms. The van der Waals surface area contributed by atoms with Gasteiger partial charge in [-0.05, 0) is 35.4 Å². The van der Waals surface area contributed by atoms with Crippen molar-refractivity contribution in [3.63, 3.8) is 0 Å². The third-order valence-corrected chi connectivity index (χ3v) is 4.32. The van der Waals surface area contributed by atoms with Crippen LogP contribution in [-0.4, -0.2) is 24.8 Å². The van der Waals surface area contributed by atoms with Crippen molar-refractivity contribution in [3.05, 3.63) is 76.3 Å². The summed E-state index contributed by atoms with van der Waals surface area (Å²) in [4.78, 5) is 4.67. The minimum atomic E-state index is -0.617. The summed E-state index contributed by atoms with van der Waals surface area (Å²) in [5.41, 5.74) is 1.44. The molecule has 5 nitrogen and oxygen atoms in total. The van der Waals surface area contributed by atoms with E-state index in [-0.39, 0.29) is 6.42 Å². The number of pyridine rings is 1. The highest BCUT2D eigenvalue weighted by Crippen LogP contribution is 2.19. The molecule has 0 aliphatic heterocycles. The zero-order valence-corrected chi connectivity index (χ0v) is 13.6. The lowest BCUT2D eigenvalue weighted by atomic mass is 10.1. The Morgan fingerprint density at radius 3 is 2.68 bits per heavy atom. The predicted molar refractivity (Wildman–Crippen MR) is 91.0 cm³/mol. The lowest BCUT2D eigenvalue weighted by molar-refractivity contribution is 0.580. The van der Waals surface area contributed by atoms with Gasteiger partial charge in [-0.2, -0.15) is 9.61 Å². The highest BCUT2D eigenvalue weighted by molar-refractivity contribution is 7.17. The average molecular weight is 355 g/mol. The van der Waals surface area contributed by atoms with Crippen LogP contribution in [-0.2, 0) is 6.42 Å².